The van der Waals surface area contributed by atoms with Crippen molar-refractivity contribution in [2.75, 3.05) is 33.0 Å². The Bertz CT molecular complexity index is 853. The summed E-state index contributed by atoms with van der Waals surface area (Å²) in [7, 11) is -4.27. The third-order valence-corrected chi connectivity index (χ3v) is 10.4. The molecule has 9 heteroatoms. The molecule has 0 aliphatic rings. The number of phosphoric acid groups is 1. The molecule has 3 N–H and O–H groups in total. The van der Waals surface area contributed by atoms with Crippen LogP contribution in [0.5, 0.6) is 0 Å². The molecule has 0 bridgehead atoms. The molecule has 0 amide bonds. The van der Waals surface area contributed by atoms with Crippen molar-refractivity contribution in [3.63, 3.8) is 0 Å². The standard InChI is InChI=1S/C43H84NO7P/c1-3-5-7-9-11-13-14-15-16-17-18-19-20-21-22-23-24-25-26-27-29-31-33-35-38-48-40-42(41-50-52(46,47)49-39-37-44)51-43(45)36-34-32-30-28-12-10-8-6-4-2/h14-15,17-18,42H,3-13,16,19-41,44H2,1-2H3,(H,46,47)/b15-14-,18-17-. The van der Waals surface area contributed by atoms with E-state index >= 15 is 0 Å². The first-order valence-electron chi connectivity index (χ1n) is 21.8. The maximum absolute atomic E-state index is 12.5. The van der Waals surface area contributed by atoms with Gasteiger partial charge < -0.3 is 20.1 Å². The molecular weight excluding hydrogens is 673 g/mol. The Kier molecular flexibility index (Phi) is 40.3. The van der Waals surface area contributed by atoms with Gasteiger partial charge in [-0.05, 0) is 44.9 Å². The fraction of sp³-hybridized carbons (Fsp3) is 0.884. The topological polar surface area (TPSA) is 117 Å². The summed E-state index contributed by atoms with van der Waals surface area (Å²) in [5.41, 5.74) is 5.36. The Hall–Kier alpha value is -1.02. The number of hydrogen-bond donors (Lipinski definition) is 2. The van der Waals surface area contributed by atoms with Crippen LogP contribution in [0.4, 0.5) is 0 Å². The van der Waals surface area contributed by atoms with Gasteiger partial charge in [0.05, 0.1) is 19.8 Å². The van der Waals surface area contributed by atoms with Gasteiger partial charge >= 0.3 is 13.8 Å². The highest BCUT2D eigenvalue weighted by molar-refractivity contribution is 7.47. The highest BCUT2D eigenvalue weighted by atomic mass is 31.2. The summed E-state index contributed by atoms with van der Waals surface area (Å²) < 4.78 is 33.3. The SMILES string of the molecule is CCCCCCC/C=C\C/C=C\CCCCCCCCCCCCCCOCC(COP(=O)(O)OCCN)OC(=O)CCCCCCCCCCC. The van der Waals surface area contributed by atoms with Crippen molar-refractivity contribution in [1.82, 2.24) is 0 Å². The second kappa shape index (κ2) is 41.1. The molecule has 308 valence electrons. The van der Waals surface area contributed by atoms with E-state index in [1.807, 2.05) is 0 Å². The van der Waals surface area contributed by atoms with E-state index in [-0.39, 0.29) is 32.3 Å². The summed E-state index contributed by atoms with van der Waals surface area (Å²) >= 11 is 0. The van der Waals surface area contributed by atoms with Crippen molar-refractivity contribution in [2.45, 2.75) is 213 Å². The first kappa shape index (κ1) is 51.0. The van der Waals surface area contributed by atoms with E-state index in [1.54, 1.807) is 0 Å². The van der Waals surface area contributed by atoms with Gasteiger partial charge in [-0.15, -0.1) is 0 Å². The zero-order chi connectivity index (χ0) is 38.1. The molecule has 0 heterocycles. The minimum atomic E-state index is -4.27. The number of hydrogen-bond acceptors (Lipinski definition) is 7. The fourth-order valence-corrected chi connectivity index (χ4v) is 6.91. The summed E-state index contributed by atoms with van der Waals surface area (Å²) in [6.07, 6.45) is 45.0. The van der Waals surface area contributed by atoms with E-state index in [0.29, 0.717) is 13.0 Å². The van der Waals surface area contributed by atoms with Gasteiger partial charge in [0.2, 0.25) is 0 Å². The van der Waals surface area contributed by atoms with Crippen molar-refractivity contribution in [1.29, 1.82) is 0 Å². The molecule has 0 aromatic heterocycles. The number of unbranched alkanes of at least 4 members (excludes halogenated alkanes) is 25. The molecule has 0 saturated heterocycles. The van der Waals surface area contributed by atoms with Crippen molar-refractivity contribution >= 4 is 13.8 Å². The van der Waals surface area contributed by atoms with Crippen molar-refractivity contribution in [3.05, 3.63) is 24.3 Å². The molecule has 0 aromatic rings. The highest BCUT2D eigenvalue weighted by Gasteiger charge is 2.25. The third kappa shape index (κ3) is 40.2. The smallest absolute Gasteiger partial charge is 0.457 e. The number of allylic oxidation sites excluding steroid dienone is 4. The van der Waals surface area contributed by atoms with Crippen LogP contribution in [0.1, 0.15) is 206 Å². The lowest BCUT2D eigenvalue weighted by Gasteiger charge is -2.20. The number of phosphoric ester groups is 1. The number of carbonyl (C=O) groups excluding carboxylic acids is 1. The van der Waals surface area contributed by atoms with Crippen molar-refractivity contribution in [2.24, 2.45) is 5.73 Å². The summed E-state index contributed by atoms with van der Waals surface area (Å²) in [6.45, 7) is 4.91. The molecule has 0 rings (SSSR count). The predicted octanol–water partition coefficient (Wildman–Crippen LogP) is 12.9. The predicted molar refractivity (Wildman–Crippen MR) is 220 cm³/mol. The molecule has 2 atom stereocenters. The number of esters is 1. The van der Waals surface area contributed by atoms with E-state index < -0.39 is 13.9 Å². The normalized spacial score (nSPS) is 13.7. The first-order valence-corrected chi connectivity index (χ1v) is 23.3. The minimum absolute atomic E-state index is 0.0936. The van der Waals surface area contributed by atoms with E-state index in [9.17, 15) is 14.3 Å². The van der Waals surface area contributed by atoms with E-state index in [1.165, 1.54) is 148 Å². The lowest BCUT2D eigenvalue weighted by molar-refractivity contribution is -0.154. The van der Waals surface area contributed by atoms with Crippen LogP contribution in [0, 0.1) is 0 Å². The quantitative estimate of drug-likeness (QED) is 0.0273. The molecule has 0 aromatic carbocycles. The number of ether oxygens (including phenoxy) is 2. The average molecular weight is 758 g/mol. The highest BCUT2D eigenvalue weighted by Crippen LogP contribution is 2.43. The van der Waals surface area contributed by atoms with Gasteiger partial charge in [0.1, 0.15) is 6.10 Å². The monoisotopic (exact) mass is 758 g/mol. The first-order chi connectivity index (χ1) is 25.4. The van der Waals surface area contributed by atoms with Gasteiger partial charge in [-0.3, -0.25) is 13.8 Å². The summed E-state index contributed by atoms with van der Waals surface area (Å²) in [5, 5.41) is 0. The Morgan fingerprint density at radius 3 is 1.50 bits per heavy atom. The Balaban J connectivity index is 3.87. The van der Waals surface area contributed by atoms with E-state index in [4.69, 9.17) is 24.3 Å². The van der Waals surface area contributed by atoms with Gasteiger partial charge in [-0.1, -0.05) is 179 Å². The second-order valence-corrected chi connectivity index (χ2v) is 16.0. The zero-order valence-electron chi connectivity index (χ0n) is 34.1. The van der Waals surface area contributed by atoms with Crippen LogP contribution < -0.4 is 5.73 Å². The van der Waals surface area contributed by atoms with Gasteiger partial charge in [0.15, 0.2) is 0 Å². The summed E-state index contributed by atoms with van der Waals surface area (Å²) in [5.74, 6) is -0.332. The fourth-order valence-electron chi connectivity index (χ4n) is 6.14. The van der Waals surface area contributed by atoms with Crippen LogP contribution in [0.3, 0.4) is 0 Å². The zero-order valence-corrected chi connectivity index (χ0v) is 35.0. The van der Waals surface area contributed by atoms with Gasteiger partial charge in [0, 0.05) is 19.6 Å². The molecule has 8 nitrogen and oxygen atoms in total. The van der Waals surface area contributed by atoms with Crippen LogP contribution in [0.15, 0.2) is 24.3 Å². The van der Waals surface area contributed by atoms with E-state index in [0.717, 1.165) is 38.5 Å². The molecule has 0 aliphatic carbocycles. The van der Waals surface area contributed by atoms with Crippen LogP contribution in [0.2, 0.25) is 0 Å². The number of rotatable bonds is 42. The lowest BCUT2D eigenvalue weighted by Crippen LogP contribution is -2.28. The molecule has 0 radical (unpaired) electrons. The van der Waals surface area contributed by atoms with Crippen LogP contribution in [-0.4, -0.2) is 49.9 Å². The van der Waals surface area contributed by atoms with Gasteiger partial charge in [-0.2, -0.15) is 0 Å². The maximum Gasteiger partial charge on any atom is 0.472 e. The van der Waals surface area contributed by atoms with E-state index in [2.05, 4.69) is 38.2 Å². The minimum Gasteiger partial charge on any atom is -0.457 e. The third-order valence-electron chi connectivity index (χ3n) is 9.37. The molecule has 2 unspecified atom stereocenters. The molecule has 52 heavy (non-hydrogen) atoms. The number of nitrogens with two attached hydrogens (primary N) is 1. The molecule has 0 spiro atoms. The molecule has 0 saturated carbocycles. The van der Waals surface area contributed by atoms with Crippen LogP contribution >= 0.6 is 7.82 Å². The Morgan fingerprint density at radius 1 is 0.577 bits per heavy atom. The summed E-state index contributed by atoms with van der Waals surface area (Å²) in [4.78, 5) is 22.3. The van der Waals surface area contributed by atoms with Crippen LogP contribution in [-0.2, 0) is 27.9 Å². The lowest BCUT2D eigenvalue weighted by atomic mass is 10.0. The number of carbonyl (C=O) groups is 1. The maximum atomic E-state index is 12.5. The van der Waals surface area contributed by atoms with Crippen molar-refractivity contribution in [3.8, 4) is 0 Å². The van der Waals surface area contributed by atoms with Gasteiger partial charge in [0.25, 0.3) is 0 Å². The second-order valence-electron chi connectivity index (χ2n) is 14.6. The summed E-state index contributed by atoms with van der Waals surface area (Å²) in [6, 6.07) is 0. The van der Waals surface area contributed by atoms with Crippen LogP contribution in [0.25, 0.3) is 0 Å². The van der Waals surface area contributed by atoms with Gasteiger partial charge in [-0.25, -0.2) is 4.57 Å². The molecular formula is C43H84NO7P. The Labute approximate surface area is 321 Å². The molecule has 0 aliphatic heterocycles. The largest absolute Gasteiger partial charge is 0.472 e. The molecule has 0 fully saturated rings. The van der Waals surface area contributed by atoms with Crippen molar-refractivity contribution < 1.29 is 32.8 Å². The Morgan fingerprint density at radius 2 is 1.02 bits per heavy atom. The average Bonchev–Trinajstić information content (AvgIpc) is 3.13.